The van der Waals surface area contributed by atoms with Crippen LogP contribution in [0.4, 0.5) is 11.9 Å². The molecule has 1 N–H and O–H groups in total. The molecule has 0 saturated carbocycles. The maximum Gasteiger partial charge on any atom is 0.230 e. The molecular weight excluding hydrogens is 392 g/mol. The molecule has 2 aromatic rings. The normalized spacial score (nSPS) is 14.1. The van der Waals surface area contributed by atoms with E-state index in [1.54, 1.807) is 23.1 Å². The number of aromatic nitrogens is 3. The molecule has 0 atom stereocenters. The Morgan fingerprint density at radius 1 is 1.10 bits per heavy atom. The van der Waals surface area contributed by atoms with E-state index >= 15 is 0 Å². The molecular formula is C19H26N6O3S. The molecule has 0 unspecified atom stereocenters. The van der Waals surface area contributed by atoms with Crippen molar-refractivity contribution < 1.29 is 13.2 Å². The van der Waals surface area contributed by atoms with Crippen LogP contribution in [0.25, 0.3) is 0 Å². The Balaban J connectivity index is 1.61. The van der Waals surface area contributed by atoms with E-state index in [1.807, 2.05) is 14.1 Å². The van der Waals surface area contributed by atoms with Gasteiger partial charge >= 0.3 is 0 Å². The number of carbonyl (C=O) groups is 1. The Morgan fingerprint density at radius 3 is 2.45 bits per heavy atom. The molecule has 0 bridgehead atoms. The minimum Gasteiger partial charge on any atom is -0.349 e. The first kappa shape index (κ1) is 21.0. The summed E-state index contributed by atoms with van der Waals surface area (Å²) in [5.41, 5.74) is 0. The Hall–Kier alpha value is -2.75. The van der Waals surface area contributed by atoms with E-state index in [1.165, 1.54) is 12.1 Å². The third-order valence-electron chi connectivity index (χ3n) is 4.59. The number of hydrogen-bond acceptors (Lipinski definition) is 8. The number of carbonyl (C=O) groups excluding carboxylic acids is 1. The van der Waals surface area contributed by atoms with Crippen LogP contribution in [0.1, 0.15) is 25.1 Å². The molecule has 1 fully saturated rings. The lowest BCUT2D eigenvalue weighted by Gasteiger charge is -2.18. The quantitative estimate of drug-likeness (QED) is 0.677. The van der Waals surface area contributed by atoms with Crippen molar-refractivity contribution in [2.45, 2.75) is 30.7 Å². The Morgan fingerprint density at radius 2 is 1.79 bits per heavy atom. The first-order valence-electron chi connectivity index (χ1n) is 9.57. The SMILES string of the molecule is CN(C)c1nc(CNC(=O)CCS(=O)(=O)c2ccccc2)nc(N2CCCC2)n1. The van der Waals surface area contributed by atoms with Gasteiger partial charge in [-0.3, -0.25) is 4.79 Å². The van der Waals surface area contributed by atoms with E-state index < -0.39 is 9.84 Å². The van der Waals surface area contributed by atoms with E-state index in [-0.39, 0.29) is 29.5 Å². The maximum atomic E-state index is 12.3. The first-order chi connectivity index (χ1) is 13.8. The number of nitrogens with one attached hydrogen (secondary N) is 1. The molecule has 1 aromatic carbocycles. The van der Waals surface area contributed by atoms with E-state index in [9.17, 15) is 13.2 Å². The maximum absolute atomic E-state index is 12.3. The highest BCUT2D eigenvalue weighted by Gasteiger charge is 2.19. The highest BCUT2D eigenvalue weighted by atomic mass is 32.2. The minimum atomic E-state index is -3.49. The smallest absolute Gasteiger partial charge is 0.230 e. The fourth-order valence-electron chi connectivity index (χ4n) is 2.97. The van der Waals surface area contributed by atoms with Crippen LogP contribution in [-0.2, 0) is 21.2 Å². The molecule has 1 aromatic heterocycles. The van der Waals surface area contributed by atoms with Crippen LogP contribution >= 0.6 is 0 Å². The highest BCUT2D eigenvalue weighted by Crippen LogP contribution is 2.18. The molecule has 0 spiro atoms. The van der Waals surface area contributed by atoms with Gasteiger partial charge in [0, 0.05) is 33.6 Å². The van der Waals surface area contributed by atoms with Gasteiger partial charge in [-0.2, -0.15) is 15.0 Å². The lowest BCUT2D eigenvalue weighted by atomic mass is 10.4. The lowest BCUT2D eigenvalue weighted by molar-refractivity contribution is -0.120. The summed E-state index contributed by atoms with van der Waals surface area (Å²) in [4.78, 5) is 29.6. The highest BCUT2D eigenvalue weighted by molar-refractivity contribution is 7.91. The zero-order valence-corrected chi connectivity index (χ0v) is 17.5. The number of amides is 1. The van der Waals surface area contributed by atoms with Crippen molar-refractivity contribution in [1.29, 1.82) is 0 Å². The molecule has 0 radical (unpaired) electrons. The van der Waals surface area contributed by atoms with Crippen LogP contribution in [-0.4, -0.2) is 62.2 Å². The first-order valence-corrected chi connectivity index (χ1v) is 11.2. The number of benzene rings is 1. The second-order valence-electron chi connectivity index (χ2n) is 7.10. The van der Waals surface area contributed by atoms with Gasteiger partial charge in [-0.05, 0) is 25.0 Å². The minimum absolute atomic E-state index is 0.119. The van der Waals surface area contributed by atoms with E-state index in [4.69, 9.17) is 0 Å². The summed E-state index contributed by atoms with van der Waals surface area (Å²) < 4.78 is 24.6. The van der Waals surface area contributed by atoms with Crippen LogP contribution in [0, 0.1) is 0 Å². The Kier molecular flexibility index (Phi) is 6.63. The van der Waals surface area contributed by atoms with Gasteiger partial charge in [-0.15, -0.1) is 0 Å². The van der Waals surface area contributed by atoms with Crippen molar-refractivity contribution in [3.8, 4) is 0 Å². The molecule has 3 rings (SSSR count). The van der Waals surface area contributed by atoms with E-state index in [0.717, 1.165) is 25.9 Å². The van der Waals surface area contributed by atoms with Crippen LogP contribution in [0.2, 0.25) is 0 Å². The van der Waals surface area contributed by atoms with Gasteiger partial charge in [-0.1, -0.05) is 18.2 Å². The average Bonchev–Trinajstić information content (AvgIpc) is 3.26. The Bertz CT molecular complexity index is 944. The largest absolute Gasteiger partial charge is 0.349 e. The topological polar surface area (TPSA) is 108 Å². The Labute approximate surface area is 171 Å². The number of sulfone groups is 1. The zero-order chi connectivity index (χ0) is 20.9. The fourth-order valence-corrected chi connectivity index (χ4v) is 4.23. The predicted molar refractivity (Wildman–Crippen MR) is 111 cm³/mol. The second kappa shape index (κ2) is 9.17. The van der Waals surface area contributed by atoms with Crippen molar-refractivity contribution in [2.75, 3.05) is 42.7 Å². The summed E-state index contributed by atoms with van der Waals surface area (Å²) >= 11 is 0. The second-order valence-corrected chi connectivity index (χ2v) is 9.21. The van der Waals surface area contributed by atoms with Gasteiger partial charge in [0.2, 0.25) is 17.8 Å². The summed E-state index contributed by atoms with van der Waals surface area (Å²) in [7, 11) is 0.205. The van der Waals surface area contributed by atoms with Gasteiger partial charge in [0.05, 0.1) is 17.2 Å². The number of nitrogens with zero attached hydrogens (tertiary/aromatic N) is 5. The van der Waals surface area contributed by atoms with Gasteiger partial charge in [0.1, 0.15) is 0 Å². The number of rotatable bonds is 8. The van der Waals surface area contributed by atoms with Crippen molar-refractivity contribution in [1.82, 2.24) is 20.3 Å². The fraction of sp³-hybridized carbons (Fsp3) is 0.474. The summed E-state index contributed by atoms with van der Waals surface area (Å²) in [5.74, 6) is 0.973. The molecule has 9 nitrogen and oxygen atoms in total. The summed E-state index contributed by atoms with van der Waals surface area (Å²) in [5, 5.41) is 2.71. The molecule has 2 heterocycles. The molecule has 0 aliphatic carbocycles. The molecule has 1 aliphatic rings. The standard InChI is InChI=1S/C19H26N6O3S/c1-24(2)18-21-16(22-19(23-18)25-11-6-7-12-25)14-20-17(26)10-13-29(27,28)15-8-4-3-5-9-15/h3-5,8-9H,6-7,10-14H2,1-2H3,(H,20,26). The van der Waals surface area contributed by atoms with E-state index in [2.05, 4.69) is 25.2 Å². The summed E-state index contributed by atoms with van der Waals surface area (Å²) in [6.07, 6.45) is 2.08. The third-order valence-corrected chi connectivity index (χ3v) is 6.32. The third kappa shape index (κ3) is 5.63. The van der Waals surface area contributed by atoms with Crippen molar-refractivity contribution in [2.24, 2.45) is 0 Å². The molecule has 1 amide bonds. The summed E-state index contributed by atoms with van der Waals surface area (Å²) in [6.45, 7) is 1.93. The van der Waals surface area contributed by atoms with Gasteiger partial charge < -0.3 is 15.1 Å². The van der Waals surface area contributed by atoms with Gasteiger partial charge in [-0.25, -0.2) is 8.42 Å². The molecule has 29 heavy (non-hydrogen) atoms. The number of anilines is 2. The zero-order valence-electron chi connectivity index (χ0n) is 16.7. The van der Waals surface area contributed by atoms with Gasteiger partial charge in [0.15, 0.2) is 15.7 Å². The van der Waals surface area contributed by atoms with Crippen molar-refractivity contribution >= 4 is 27.6 Å². The molecule has 1 aliphatic heterocycles. The number of hydrogen-bond donors (Lipinski definition) is 1. The van der Waals surface area contributed by atoms with Gasteiger partial charge in [0.25, 0.3) is 0 Å². The van der Waals surface area contributed by atoms with Crippen molar-refractivity contribution in [3.63, 3.8) is 0 Å². The van der Waals surface area contributed by atoms with E-state index in [0.29, 0.717) is 17.7 Å². The molecule has 10 heteroatoms. The van der Waals surface area contributed by atoms with Crippen LogP contribution in [0.3, 0.4) is 0 Å². The lowest BCUT2D eigenvalue weighted by Crippen LogP contribution is -2.28. The molecule has 1 saturated heterocycles. The predicted octanol–water partition coefficient (Wildman–Crippen LogP) is 1.02. The average molecular weight is 419 g/mol. The van der Waals surface area contributed by atoms with Crippen LogP contribution in [0.15, 0.2) is 35.2 Å². The van der Waals surface area contributed by atoms with Crippen LogP contribution in [0.5, 0.6) is 0 Å². The van der Waals surface area contributed by atoms with Crippen molar-refractivity contribution in [3.05, 3.63) is 36.2 Å². The molecule has 156 valence electrons. The van der Waals surface area contributed by atoms with Crippen LogP contribution < -0.4 is 15.1 Å². The monoisotopic (exact) mass is 418 g/mol. The summed E-state index contributed by atoms with van der Waals surface area (Å²) in [6, 6.07) is 8.13.